The van der Waals surface area contributed by atoms with Crippen LogP contribution in [0.2, 0.25) is 0 Å². The van der Waals surface area contributed by atoms with Crippen molar-refractivity contribution in [3.63, 3.8) is 0 Å². The predicted octanol–water partition coefficient (Wildman–Crippen LogP) is 2.88. The van der Waals surface area contributed by atoms with Gasteiger partial charge in [0.15, 0.2) is 0 Å². The monoisotopic (exact) mass is 287 g/mol. The fourth-order valence-corrected chi connectivity index (χ4v) is 2.00. The molecule has 0 unspecified atom stereocenters. The Balaban J connectivity index is 1.75. The van der Waals surface area contributed by atoms with E-state index in [9.17, 15) is 5.11 Å². The molecule has 0 aliphatic carbocycles. The third-order valence-corrected chi connectivity index (χ3v) is 3.14. The molecule has 4 nitrogen and oxygen atoms in total. The van der Waals surface area contributed by atoms with Gasteiger partial charge < -0.3 is 19.9 Å². The summed E-state index contributed by atoms with van der Waals surface area (Å²) in [4.78, 5) is 0. The van der Waals surface area contributed by atoms with Crippen LogP contribution in [0.3, 0.4) is 0 Å². The maximum Gasteiger partial charge on any atom is 0.120 e. The third kappa shape index (κ3) is 4.68. The van der Waals surface area contributed by atoms with Crippen LogP contribution in [0, 0.1) is 6.92 Å². The number of ether oxygens (including phenoxy) is 2. The summed E-state index contributed by atoms with van der Waals surface area (Å²) in [6.45, 7) is 3.88. The highest BCUT2D eigenvalue weighted by atomic mass is 16.5. The minimum atomic E-state index is 0.267. The van der Waals surface area contributed by atoms with Gasteiger partial charge in [0.05, 0.1) is 7.11 Å². The Labute approximate surface area is 125 Å². The molecule has 0 radical (unpaired) electrons. The smallest absolute Gasteiger partial charge is 0.120 e. The Morgan fingerprint density at radius 1 is 1.10 bits per heavy atom. The highest BCUT2D eigenvalue weighted by molar-refractivity contribution is 5.39. The van der Waals surface area contributed by atoms with Gasteiger partial charge >= 0.3 is 0 Å². The Morgan fingerprint density at radius 2 is 1.95 bits per heavy atom. The van der Waals surface area contributed by atoms with E-state index in [0.29, 0.717) is 19.7 Å². The number of hydrogen-bond acceptors (Lipinski definition) is 4. The second-order valence-corrected chi connectivity index (χ2v) is 4.84. The van der Waals surface area contributed by atoms with Gasteiger partial charge in [0, 0.05) is 18.7 Å². The summed E-state index contributed by atoms with van der Waals surface area (Å²) in [6.07, 6.45) is 0. The quantitative estimate of drug-likeness (QED) is 0.769. The van der Waals surface area contributed by atoms with Crippen molar-refractivity contribution in [2.45, 2.75) is 13.5 Å². The predicted molar refractivity (Wildman–Crippen MR) is 83.0 cm³/mol. The number of phenolic OH excluding ortho intramolecular Hbond substituents is 1. The van der Waals surface area contributed by atoms with Gasteiger partial charge in [-0.3, -0.25) is 0 Å². The summed E-state index contributed by atoms with van der Waals surface area (Å²) in [6, 6.07) is 13.2. The minimum absolute atomic E-state index is 0.267. The van der Waals surface area contributed by atoms with Gasteiger partial charge in [-0.05, 0) is 42.8 Å². The van der Waals surface area contributed by atoms with Crippen LogP contribution in [-0.2, 0) is 6.54 Å². The van der Waals surface area contributed by atoms with Crippen LogP contribution in [0.5, 0.6) is 17.2 Å². The fraction of sp³-hybridized carbons (Fsp3) is 0.294. The zero-order valence-electron chi connectivity index (χ0n) is 12.4. The number of rotatable bonds is 7. The largest absolute Gasteiger partial charge is 0.508 e. The minimum Gasteiger partial charge on any atom is -0.508 e. The van der Waals surface area contributed by atoms with Crippen molar-refractivity contribution < 1.29 is 14.6 Å². The lowest BCUT2D eigenvalue weighted by atomic mass is 10.2. The molecule has 0 saturated carbocycles. The van der Waals surface area contributed by atoms with Crippen LogP contribution >= 0.6 is 0 Å². The summed E-state index contributed by atoms with van der Waals surface area (Å²) in [5.41, 5.74) is 1.99. The van der Waals surface area contributed by atoms with E-state index in [4.69, 9.17) is 9.47 Å². The Bertz CT molecular complexity index is 584. The van der Waals surface area contributed by atoms with Crippen molar-refractivity contribution >= 4 is 0 Å². The molecular formula is C17H21NO3. The summed E-state index contributed by atoms with van der Waals surface area (Å²) < 4.78 is 10.8. The molecule has 0 aromatic heterocycles. The second-order valence-electron chi connectivity index (χ2n) is 4.84. The Morgan fingerprint density at radius 3 is 2.71 bits per heavy atom. The topological polar surface area (TPSA) is 50.7 Å². The van der Waals surface area contributed by atoms with Crippen LogP contribution in [0.1, 0.15) is 11.1 Å². The Kier molecular flexibility index (Phi) is 5.46. The highest BCUT2D eigenvalue weighted by Crippen LogP contribution is 2.22. The SMILES string of the molecule is COc1ccc(O)c(CNCCOc2cccc(C)c2)c1. The van der Waals surface area contributed by atoms with Crippen molar-refractivity contribution in [2.75, 3.05) is 20.3 Å². The maximum absolute atomic E-state index is 9.77. The lowest BCUT2D eigenvalue weighted by Gasteiger charge is -2.10. The van der Waals surface area contributed by atoms with E-state index in [1.54, 1.807) is 19.2 Å². The summed E-state index contributed by atoms with van der Waals surface area (Å²) in [5, 5.41) is 13.0. The highest BCUT2D eigenvalue weighted by Gasteiger charge is 2.02. The fourth-order valence-electron chi connectivity index (χ4n) is 2.00. The van der Waals surface area contributed by atoms with Gasteiger partial charge in [-0.25, -0.2) is 0 Å². The van der Waals surface area contributed by atoms with Crippen molar-refractivity contribution in [3.8, 4) is 17.2 Å². The zero-order valence-corrected chi connectivity index (χ0v) is 12.4. The molecule has 0 aliphatic heterocycles. The van der Waals surface area contributed by atoms with Crippen molar-refractivity contribution in [1.29, 1.82) is 0 Å². The average molecular weight is 287 g/mol. The first kappa shape index (κ1) is 15.2. The van der Waals surface area contributed by atoms with E-state index >= 15 is 0 Å². The second kappa shape index (κ2) is 7.55. The number of aryl methyl sites for hydroxylation is 1. The number of hydrogen-bond donors (Lipinski definition) is 2. The molecule has 0 bridgehead atoms. The standard InChI is InChI=1S/C17H21NO3/c1-13-4-3-5-16(10-13)21-9-8-18-12-14-11-15(20-2)6-7-17(14)19/h3-7,10-11,18-19H,8-9,12H2,1-2H3. The molecule has 2 aromatic carbocycles. The first-order valence-corrected chi connectivity index (χ1v) is 6.95. The molecule has 0 atom stereocenters. The molecule has 0 fully saturated rings. The van der Waals surface area contributed by atoms with Gasteiger partial charge in [0.1, 0.15) is 23.9 Å². The summed E-state index contributed by atoms with van der Waals surface area (Å²) in [5.74, 6) is 1.88. The van der Waals surface area contributed by atoms with Gasteiger partial charge in [0.2, 0.25) is 0 Å². The van der Waals surface area contributed by atoms with Crippen LogP contribution in [-0.4, -0.2) is 25.4 Å². The molecule has 0 saturated heterocycles. The third-order valence-electron chi connectivity index (χ3n) is 3.14. The normalized spacial score (nSPS) is 10.4. The van der Waals surface area contributed by atoms with E-state index in [1.165, 1.54) is 5.56 Å². The van der Waals surface area contributed by atoms with Crippen molar-refractivity contribution in [1.82, 2.24) is 5.32 Å². The number of phenols is 1. The zero-order chi connectivity index (χ0) is 15.1. The van der Waals surface area contributed by atoms with Crippen LogP contribution < -0.4 is 14.8 Å². The van der Waals surface area contributed by atoms with E-state index in [0.717, 1.165) is 17.1 Å². The molecule has 0 amide bonds. The van der Waals surface area contributed by atoms with Gasteiger partial charge in [-0.15, -0.1) is 0 Å². The molecule has 2 rings (SSSR count). The first-order chi connectivity index (χ1) is 10.2. The molecule has 112 valence electrons. The number of nitrogens with one attached hydrogen (secondary N) is 1. The first-order valence-electron chi connectivity index (χ1n) is 6.95. The van der Waals surface area contributed by atoms with Crippen LogP contribution in [0.15, 0.2) is 42.5 Å². The molecule has 4 heteroatoms. The lowest BCUT2D eigenvalue weighted by Crippen LogP contribution is -2.20. The van der Waals surface area contributed by atoms with Crippen molar-refractivity contribution in [3.05, 3.63) is 53.6 Å². The average Bonchev–Trinajstić information content (AvgIpc) is 2.49. The molecule has 2 aromatic rings. The molecule has 0 heterocycles. The van der Waals surface area contributed by atoms with E-state index in [1.807, 2.05) is 37.3 Å². The van der Waals surface area contributed by atoms with E-state index < -0.39 is 0 Å². The lowest BCUT2D eigenvalue weighted by molar-refractivity contribution is 0.313. The number of methoxy groups -OCH3 is 1. The number of benzene rings is 2. The Hall–Kier alpha value is -2.20. The van der Waals surface area contributed by atoms with Crippen LogP contribution in [0.4, 0.5) is 0 Å². The summed E-state index contributed by atoms with van der Waals surface area (Å²) in [7, 11) is 1.61. The molecule has 0 spiro atoms. The summed E-state index contributed by atoms with van der Waals surface area (Å²) >= 11 is 0. The van der Waals surface area contributed by atoms with Crippen molar-refractivity contribution in [2.24, 2.45) is 0 Å². The van der Waals surface area contributed by atoms with E-state index in [-0.39, 0.29) is 5.75 Å². The van der Waals surface area contributed by atoms with Crippen LogP contribution in [0.25, 0.3) is 0 Å². The molecular weight excluding hydrogens is 266 g/mol. The van der Waals surface area contributed by atoms with E-state index in [2.05, 4.69) is 5.32 Å². The van der Waals surface area contributed by atoms with Gasteiger partial charge in [-0.2, -0.15) is 0 Å². The molecule has 21 heavy (non-hydrogen) atoms. The van der Waals surface area contributed by atoms with Gasteiger partial charge in [-0.1, -0.05) is 12.1 Å². The molecule has 0 aliphatic rings. The maximum atomic E-state index is 9.77. The number of aromatic hydroxyl groups is 1. The van der Waals surface area contributed by atoms with Gasteiger partial charge in [0.25, 0.3) is 0 Å². The molecule has 2 N–H and O–H groups in total.